The van der Waals surface area contributed by atoms with E-state index in [1.54, 1.807) is 33.0 Å². The van der Waals surface area contributed by atoms with Crippen molar-refractivity contribution in [2.45, 2.75) is 26.4 Å². The van der Waals surface area contributed by atoms with Gasteiger partial charge >= 0.3 is 5.69 Å². The van der Waals surface area contributed by atoms with Crippen LogP contribution in [0.4, 0.5) is 11.5 Å². The van der Waals surface area contributed by atoms with E-state index in [0.29, 0.717) is 5.76 Å². The van der Waals surface area contributed by atoms with E-state index in [1.165, 1.54) is 10.9 Å². The zero-order valence-corrected chi connectivity index (χ0v) is 12.5. The van der Waals surface area contributed by atoms with Crippen molar-refractivity contribution >= 4 is 17.4 Å². The molecule has 9 nitrogen and oxygen atoms in total. The molecule has 1 amide bonds. The fourth-order valence-electron chi connectivity index (χ4n) is 2.04. The van der Waals surface area contributed by atoms with Gasteiger partial charge in [-0.3, -0.25) is 14.9 Å². The summed E-state index contributed by atoms with van der Waals surface area (Å²) in [6.07, 6.45) is 1.52. The van der Waals surface area contributed by atoms with Crippen LogP contribution in [0.3, 0.4) is 0 Å². The molecule has 0 spiro atoms. The van der Waals surface area contributed by atoms with Gasteiger partial charge in [0.2, 0.25) is 11.7 Å². The minimum Gasteiger partial charge on any atom is -0.467 e. The van der Waals surface area contributed by atoms with Gasteiger partial charge in [0.15, 0.2) is 0 Å². The molecule has 1 atom stereocenters. The number of aryl methyl sites for hydroxylation is 2. The molecule has 0 bridgehead atoms. The Hall–Kier alpha value is -2.84. The van der Waals surface area contributed by atoms with Crippen molar-refractivity contribution in [2.75, 3.05) is 5.32 Å². The molecule has 0 aromatic carbocycles. The van der Waals surface area contributed by atoms with Crippen LogP contribution >= 0.6 is 0 Å². The summed E-state index contributed by atoms with van der Waals surface area (Å²) in [5.41, 5.74) is 0.159. The van der Waals surface area contributed by atoms with Crippen LogP contribution in [0.15, 0.2) is 22.8 Å². The lowest BCUT2D eigenvalue weighted by atomic mass is 10.3. The topological polar surface area (TPSA) is 115 Å². The number of nitrogens with one attached hydrogen (secondary N) is 2. The van der Waals surface area contributed by atoms with E-state index in [9.17, 15) is 14.9 Å². The number of furan rings is 1. The van der Waals surface area contributed by atoms with E-state index in [0.717, 1.165) is 0 Å². The van der Waals surface area contributed by atoms with Crippen LogP contribution in [0.2, 0.25) is 0 Å². The molecule has 0 aliphatic carbocycles. The lowest BCUT2D eigenvalue weighted by molar-refractivity contribution is -0.384. The highest BCUT2D eigenvalue weighted by molar-refractivity contribution is 5.84. The van der Waals surface area contributed by atoms with Crippen molar-refractivity contribution in [3.05, 3.63) is 40.0 Å². The van der Waals surface area contributed by atoms with Crippen LogP contribution in [0.5, 0.6) is 0 Å². The Morgan fingerprint density at radius 3 is 2.91 bits per heavy atom. The summed E-state index contributed by atoms with van der Waals surface area (Å²) in [5.74, 6) is 0.524. The van der Waals surface area contributed by atoms with Gasteiger partial charge in [0.25, 0.3) is 0 Å². The summed E-state index contributed by atoms with van der Waals surface area (Å²) < 4.78 is 6.47. The van der Waals surface area contributed by atoms with Crippen molar-refractivity contribution < 1.29 is 14.1 Å². The third kappa shape index (κ3) is 3.25. The minimum atomic E-state index is -0.663. The fraction of sp³-hybridized carbons (Fsp3) is 0.385. The summed E-state index contributed by atoms with van der Waals surface area (Å²) in [5, 5.41) is 20.6. The smallest absolute Gasteiger partial charge is 0.333 e. The molecule has 22 heavy (non-hydrogen) atoms. The normalized spacial score (nSPS) is 12.0. The van der Waals surface area contributed by atoms with E-state index in [1.807, 2.05) is 0 Å². The Morgan fingerprint density at radius 2 is 2.32 bits per heavy atom. The van der Waals surface area contributed by atoms with Crippen LogP contribution in [0.1, 0.15) is 18.4 Å². The molecule has 2 rings (SSSR count). The molecular weight excluding hydrogens is 290 g/mol. The van der Waals surface area contributed by atoms with Crippen molar-refractivity contribution in [1.82, 2.24) is 15.1 Å². The molecule has 0 aliphatic rings. The first-order chi connectivity index (χ1) is 10.4. The molecule has 0 fully saturated rings. The molecule has 9 heteroatoms. The van der Waals surface area contributed by atoms with Gasteiger partial charge in [-0.2, -0.15) is 5.10 Å². The highest BCUT2D eigenvalue weighted by Crippen LogP contribution is 2.27. The SMILES string of the molecule is Cc1nn(C)c(NC(C)C(=O)NCc2ccco2)c1[N+](=O)[O-]. The molecular formula is C13H17N5O4. The molecule has 0 saturated heterocycles. The number of amides is 1. The van der Waals surface area contributed by atoms with Gasteiger partial charge in [-0.1, -0.05) is 0 Å². The second-order valence-electron chi connectivity index (χ2n) is 4.83. The van der Waals surface area contributed by atoms with Crippen molar-refractivity contribution in [2.24, 2.45) is 7.05 Å². The largest absolute Gasteiger partial charge is 0.467 e. The second-order valence-corrected chi connectivity index (χ2v) is 4.83. The first kappa shape index (κ1) is 15.5. The standard InChI is InChI=1S/C13H17N5O4/c1-8-11(18(20)21)12(17(3)16-8)15-9(2)13(19)14-7-10-5-4-6-22-10/h4-6,9,15H,7H2,1-3H3,(H,14,19). The first-order valence-electron chi connectivity index (χ1n) is 6.64. The van der Waals surface area contributed by atoms with Crippen molar-refractivity contribution in [3.8, 4) is 0 Å². The number of nitro groups is 1. The number of anilines is 1. The summed E-state index contributed by atoms with van der Waals surface area (Å²) in [7, 11) is 1.58. The Morgan fingerprint density at radius 1 is 1.59 bits per heavy atom. The number of hydrogen-bond donors (Lipinski definition) is 2. The molecule has 118 valence electrons. The van der Waals surface area contributed by atoms with Gasteiger partial charge in [0.05, 0.1) is 17.7 Å². The Kier molecular flexibility index (Phi) is 4.44. The number of nitrogens with zero attached hydrogens (tertiary/aromatic N) is 3. The molecule has 2 aromatic heterocycles. The molecule has 0 saturated carbocycles. The van der Waals surface area contributed by atoms with E-state index in [2.05, 4.69) is 15.7 Å². The molecule has 0 radical (unpaired) electrons. The minimum absolute atomic E-state index is 0.131. The monoisotopic (exact) mass is 307 g/mol. The Bertz CT molecular complexity index is 677. The molecule has 2 N–H and O–H groups in total. The van der Waals surface area contributed by atoms with Crippen molar-refractivity contribution in [3.63, 3.8) is 0 Å². The second kappa shape index (κ2) is 6.29. The summed E-state index contributed by atoms with van der Waals surface area (Å²) in [6.45, 7) is 3.42. The van der Waals surface area contributed by atoms with Gasteiger partial charge < -0.3 is 15.1 Å². The van der Waals surface area contributed by atoms with Crippen molar-refractivity contribution in [1.29, 1.82) is 0 Å². The zero-order valence-electron chi connectivity index (χ0n) is 12.5. The summed E-state index contributed by atoms with van der Waals surface area (Å²) in [4.78, 5) is 22.6. The van der Waals surface area contributed by atoms with Gasteiger partial charge in [0, 0.05) is 7.05 Å². The van der Waals surface area contributed by atoms with E-state index in [4.69, 9.17) is 4.42 Å². The van der Waals surface area contributed by atoms with Crippen LogP contribution in [0.25, 0.3) is 0 Å². The van der Waals surface area contributed by atoms with Crippen LogP contribution < -0.4 is 10.6 Å². The number of carbonyl (C=O) groups excluding carboxylic acids is 1. The highest BCUT2D eigenvalue weighted by Gasteiger charge is 2.26. The maximum absolute atomic E-state index is 12.0. The molecule has 2 heterocycles. The zero-order chi connectivity index (χ0) is 16.3. The van der Waals surface area contributed by atoms with Crippen LogP contribution in [-0.4, -0.2) is 26.7 Å². The predicted molar refractivity (Wildman–Crippen MR) is 78.2 cm³/mol. The first-order valence-corrected chi connectivity index (χ1v) is 6.64. The Labute approximate surface area is 126 Å². The summed E-state index contributed by atoms with van der Waals surface area (Å²) in [6, 6.07) is 2.81. The fourth-order valence-corrected chi connectivity index (χ4v) is 2.04. The number of aromatic nitrogens is 2. The maximum atomic E-state index is 12.0. The van der Waals surface area contributed by atoms with Gasteiger partial charge in [-0.05, 0) is 26.0 Å². The predicted octanol–water partition coefficient (Wildman–Crippen LogP) is 1.35. The number of carbonyl (C=O) groups is 1. The third-order valence-electron chi connectivity index (χ3n) is 3.14. The van der Waals surface area contributed by atoms with Gasteiger partial charge in [-0.15, -0.1) is 0 Å². The summed E-state index contributed by atoms with van der Waals surface area (Å²) >= 11 is 0. The third-order valence-corrected chi connectivity index (χ3v) is 3.14. The quantitative estimate of drug-likeness (QED) is 0.614. The lowest BCUT2D eigenvalue weighted by Crippen LogP contribution is -2.37. The molecule has 1 unspecified atom stereocenters. The van der Waals surface area contributed by atoms with E-state index in [-0.39, 0.29) is 29.7 Å². The number of rotatable bonds is 6. The molecule has 2 aromatic rings. The van der Waals surface area contributed by atoms with Gasteiger partial charge in [-0.25, -0.2) is 4.68 Å². The number of hydrogen-bond acceptors (Lipinski definition) is 6. The van der Waals surface area contributed by atoms with Crippen LogP contribution in [0, 0.1) is 17.0 Å². The average molecular weight is 307 g/mol. The Balaban J connectivity index is 2.03. The maximum Gasteiger partial charge on any atom is 0.333 e. The van der Waals surface area contributed by atoms with E-state index < -0.39 is 11.0 Å². The van der Waals surface area contributed by atoms with E-state index >= 15 is 0 Å². The van der Waals surface area contributed by atoms with Crippen LogP contribution in [-0.2, 0) is 18.4 Å². The highest BCUT2D eigenvalue weighted by atomic mass is 16.6. The lowest BCUT2D eigenvalue weighted by Gasteiger charge is -2.14. The molecule has 0 aliphatic heterocycles. The van der Waals surface area contributed by atoms with Gasteiger partial charge in [0.1, 0.15) is 17.5 Å². The average Bonchev–Trinajstić information content (AvgIpc) is 3.04.